The van der Waals surface area contributed by atoms with E-state index < -0.39 is 42.6 Å². The molecular formula is C9H14N2O6. The van der Waals surface area contributed by atoms with Crippen LogP contribution >= 0.6 is 0 Å². The van der Waals surface area contributed by atoms with E-state index in [1.165, 1.54) is 0 Å². The third-order valence-corrected chi connectivity index (χ3v) is 1.65. The highest BCUT2D eigenvalue weighted by Gasteiger charge is 2.23. The number of carbonyl (C=O) groups is 4. The smallest absolute Gasteiger partial charge is 0.326 e. The van der Waals surface area contributed by atoms with Crippen molar-refractivity contribution in [3.8, 4) is 0 Å². The third-order valence-electron chi connectivity index (χ3n) is 1.65. The number of ether oxygens (including phenoxy) is 1. The maximum atomic E-state index is 11.2. The molecule has 0 bridgehead atoms. The molecular weight excluding hydrogens is 232 g/mol. The molecule has 1 atom stereocenters. The largest absolute Gasteiger partial charge is 0.480 e. The molecule has 0 saturated heterocycles. The normalized spacial score (nSPS) is 11.4. The van der Waals surface area contributed by atoms with Crippen LogP contribution in [0.15, 0.2) is 0 Å². The predicted molar refractivity (Wildman–Crippen MR) is 54.6 cm³/mol. The van der Waals surface area contributed by atoms with Gasteiger partial charge in [-0.25, -0.2) is 4.79 Å². The summed E-state index contributed by atoms with van der Waals surface area (Å²) >= 11 is 0. The van der Waals surface area contributed by atoms with Gasteiger partial charge in [-0.1, -0.05) is 0 Å². The Bertz CT molecular complexity index is 327. The Morgan fingerprint density at radius 2 is 1.94 bits per heavy atom. The molecule has 1 unspecified atom stereocenters. The van der Waals surface area contributed by atoms with E-state index in [0.717, 1.165) is 0 Å². The van der Waals surface area contributed by atoms with Crippen LogP contribution in [0.4, 0.5) is 0 Å². The first-order valence-electron chi connectivity index (χ1n) is 4.82. The highest BCUT2D eigenvalue weighted by atomic mass is 16.5. The summed E-state index contributed by atoms with van der Waals surface area (Å²) in [6.45, 7) is 1.69. The van der Waals surface area contributed by atoms with Crippen LogP contribution in [0, 0.1) is 0 Å². The summed E-state index contributed by atoms with van der Waals surface area (Å²) in [6, 6.07) is -1.44. The standard InChI is InChI=1S/C9H14N2O6/c1-2-17-8(14)4-7(13)11-5(9(15)16)3-6(10)12/h5H,2-4H2,1H3,(H2,10,12)(H,11,13)(H,15,16). The highest BCUT2D eigenvalue weighted by Crippen LogP contribution is 1.94. The van der Waals surface area contributed by atoms with Gasteiger partial charge in [-0.2, -0.15) is 0 Å². The number of aliphatic carboxylic acids is 1. The fraction of sp³-hybridized carbons (Fsp3) is 0.556. The fourth-order valence-corrected chi connectivity index (χ4v) is 0.990. The second-order valence-corrected chi connectivity index (χ2v) is 3.11. The molecule has 0 saturated carbocycles. The summed E-state index contributed by atoms with van der Waals surface area (Å²) in [7, 11) is 0. The monoisotopic (exact) mass is 246 g/mol. The lowest BCUT2D eigenvalue weighted by Crippen LogP contribution is -2.43. The molecule has 0 aromatic heterocycles. The van der Waals surface area contributed by atoms with Crippen molar-refractivity contribution in [3.05, 3.63) is 0 Å². The van der Waals surface area contributed by atoms with E-state index in [9.17, 15) is 19.2 Å². The van der Waals surface area contributed by atoms with E-state index in [-0.39, 0.29) is 6.61 Å². The number of rotatable bonds is 7. The topological polar surface area (TPSA) is 136 Å². The Morgan fingerprint density at radius 1 is 1.35 bits per heavy atom. The van der Waals surface area contributed by atoms with Gasteiger partial charge >= 0.3 is 11.9 Å². The van der Waals surface area contributed by atoms with E-state index in [4.69, 9.17) is 10.8 Å². The molecule has 0 aliphatic carbocycles. The van der Waals surface area contributed by atoms with Crippen molar-refractivity contribution in [1.29, 1.82) is 0 Å². The average Bonchev–Trinajstić information content (AvgIpc) is 2.15. The number of nitrogens with one attached hydrogen (secondary N) is 1. The number of primary amides is 1. The molecule has 0 aromatic rings. The molecule has 0 aliphatic rings. The fourth-order valence-electron chi connectivity index (χ4n) is 0.990. The van der Waals surface area contributed by atoms with Crippen LogP contribution in [0.5, 0.6) is 0 Å². The number of esters is 1. The molecule has 8 heteroatoms. The van der Waals surface area contributed by atoms with Gasteiger partial charge in [0.15, 0.2) is 0 Å². The van der Waals surface area contributed by atoms with Crippen LogP contribution in [-0.4, -0.2) is 41.5 Å². The van der Waals surface area contributed by atoms with E-state index >= 15 is 0 Å². The molecule has 0 aliphatic heterocycles. The van der Waals surface area contributed by atoms with Gasteiger partial charge in [-0.05, 0) is 6.92 Å². The first kappa shape index (κ1) is 14.9. The number of hydrogen-bond donors (Lipinski definition) is 3. The first-order chi connectivity index (χ1) is 7.86. The van der Waals surface area contributed by atoms with Crippen molar-refractivity contribution in [2.75, 3.05) is 6.61 Å². The lowest BCUT2D eigenvalue weighted by atomic mass is 10.2. The van der Waals surface area contributed by atoms with Crippen LogP contribution in [0.1, 0.15) is 19.8 Å². The summed E-state index contributed by atoms with van der Waals surface area (Å²) in [4.78, 5) is 43.3. The molecule has 2 amide bonds. The van der Waals surface area contributed by atoms with E-state index in [2.05, 4.69) is 4.74 Å². The van der Waals surface area contributed by atoms with Gasteiger partial charge in [-0.15, -0.1) is 0 Å². The number of nitrogens with two attached hydrogens (primary N) is 1. The quantitative estimate of drug-likeness (QED) is 0.365. The molecule has 0 radical (unpaired) electrons. The zero-order valence-electron chi connectivity index (χ0n) is 9.26. The zero-order valence-corrected chi connectivity index (χ0v) is 9.26. The van der Waals surface area contributed by atoms with Crippen LogP contribution in [0.25, 0.3) is 0 Å². The summed E-state index contributed by atoms with van der Waals surface area (Å²) in [5, 5.41) is 10.7. The van der Waals surface area contributed by atoms with Crippen LogP contribution < -0.4 is 11.1 Å². The van der Waals surface area contributed by atoms with Crippen LogP contribution in [0.2, 0.25) is 0 Å². The Balaban J connectivity index is 4.26. The molecule has 8 nitrogen and oxygen atoms in total. The summed E-state index contributed by atoms with van der Waals surface area (Å²) in [5.41, 5.74) is 4.81. The second kappa shape index (κ2) is 7.20. The maximum absolute atomic E-state index is 11.2. The molecule has 96 valence electrons. The van der Waals surface area contributed by atoms with Gasteiger partial charge in [0.2, 0.25) is 11.8 Å². The SMILES string of the molecule is CCOC(=O)CC(=O)NC(CC(N)=O)C(=O)O. The highest BCUT2D eigenvalue weighted by molar-refractivity contribution is 5.96. The lowest BCUT2D eigenvalue weighted by molar-refractivity contribution is -0.148. The predicted octanol–water partition coefficient (Wildman–Crippen LogP) is -1.62. The van der Waals surface area contributed by atoms with Gasteiger partial charge in [0.1, 0.15) is 12.5 Å². The maximum Gasteiger partial charge on any atom is 0.326 e. The minimum Gasteiger partial charge on any atom is -0.480 e. The van der Waals surface area contributed by atoms with Crippen molar-refractivity contribution in [2.45, 2.75) is 25.8 Å². The number of hydrogen-bond acceptors (Lipinski definition) is 5. The van der Waals surface area contributed by atoms with Crippen molar-refractivity contribution < 1.29 is 29.0 Å². The van der Waals surface area contributed by atoms with Crippen molar-refractivity contribution in [2.24, 2.45) is 5.73 Å². The molecule has 0 heterocycles. The Hall–Kier alpha value is -2.12. The molecule has 0 aromatic carbocycles. The van der Waals surface area contributed by atoms with Gasteiger partial charge in [-0.3, -0.25) is 14.4 Å². The molecule has 0 rings (SSSR count). The Morgan fingerprint density at radius 3 is 2.35 bits per heavy atom. The average molecular weight is 246 g/mol. The minimum atomic E-state index is -1.44. The van der Waals surface area contributed by atoms with Gasteiger partial charge in [0, 0.05) is 0 Å². The number of carbonyl (C=O) groups excluding carboxylic acids is 3. The summed E-state index contributed by atoms with van der Waals surface area (Å²) < 4.78 is 4.50. The van der Waals surface area contributed by atoms with Gasteiger partial charge in [0.25, 0.3) is 0 Å². The van der Waals surface area contributed by atoms with Crippen molar-refractivity contribution >= 4 is 23.8 Å². The molecule has 4 N–H and O–H groups in total. The van der Waals surface area contributed by atoms with Crippen molar-refractivity contribution in [1.82, 2.24) is 5.32 Å². The van der Waals surface area contributed by atoms with E-state index in [1.54, 1.807) is 6.92 Å². The van der Waals surface area contributed by atoms with Crippen LogP contribution in [0.3, 0.4) is 0 Å². The number of carboxylic acid groups (broad SMARTS) is 1. The minimum absolute atomic E-state index is 0.121. The summed E-state index contributed by atoms with van der Waals surface area (Å²) in [5.74, 6) is -3.87. The third kappa shape index (κ3) is 6.88. The van der Waals surface area contributed by atoms with E-state index in [0.29, 0.717) is 0 Å². The summed E-state index contributed by atoms with van der Waals surface area (Å²) in [6.07, 6.45) is -1.14. The molecule has 0 fully saturated rings. The lowest BCUT2D eigenvalue weighted by Gasteiger charge is -2.12. The molecule has 0 spiro atoms. The van der Waals surface area contributed by atoms with E-state index in [1.807, 2.05) is 5.32 Å². The molecule has 17 heavy (non-hydrogen) atoms. The zero-order chi connectivity index (χ0) is 13.4. The Labute approximate surface area is 97.1 Å². The second-order valence-electron chi connectivity index (χ2n) is 3.11. The Kier molecular flexibility index (Phi) is 6.30. The van der Waals surface area contributed by atoms with Crippen LogP contribution in [-0.2, 0) is 23.9 Å². The van der Waals surface area contributed by atoms with Gasteiger partial charge in [0.05, 0.1) is 13.0 Å². The van der Waals surface area contributed by atoms with Gasteiger partial charge < -0.3 is 20.9 Å². The van der Waals surface area contributed by atoms with Crippen molar-refractivity contribution in [3.63, 3.8) is 0 Å². The first-order valence-corrected chi connectivity index (χ1v) is 4.82. The number of amides is 2. The number of carboxylic acids is 1.